The van der Waals surface area contributed by atoms with Gasteiger partial charge < -0.3 is 20.3 Å². The molecule has 0 spiro atoms. The number of nitrogens with one attached hydrogen (secondary N) is 2. The molecule has 7 nitrogen and oxygen atoms in total. The van der Waals surface area contributed by atoms with E-state index in [-0.39, 0.29) is 5.91 Å². The van der Waals surface area contributed by atoms with Crippen LogP contribution in [0.3, 0.4) is 0 Å². The molecule has 1 amide bonds. The quantitative estimate of drug-likeness (QED) is 0.676. The van der Waals surface area contributed by atoms with E-state index in [1.807, 2.05) is 38.4 Å². The van der Waals surface area contributed by atoms with Gasteiger partial charge in [0.2, 0.25) is 0 Å². The number of hydrogen-bond donors (Lipinski definition) is 2. The summed E-state index contributed by atoms with van der Waals surface area (Å²) in [7, 11) is 5.65. The van der Waals surface area contributed by atoms with Crippen LogP contribution in [0.5, 0.6) is 5.75 Å². The Labute approximate surface area is 148 Å². The summed E-state index contributed by atoms with van der Waals surface area (Å²) in [6.07, 6.45) is 3.93. The highest BCUT2D eigenvalue weighted by atomic mass is 16.5. The molecule has 0 aliphatic rings. The fourth-order valence-electron chi connectivity index (χ4n) is 2.26. The smallest absolute Gasteiger partial charge is 0.271 e. The summed E-state index contributed by atoms with van der Waals surface area (Å²) in [6.45, 7) is 2.11. The van der Waals surface area contributed by atoms with Gasteiger partial charge in [-0.1, -0.05) is 18.2 Å². The van der Waals surface area contributed by atoms with Crippen molar-refractivity contribution in [2.45, 2.75) is 13.0 Å². The number of rotatable bonds is 9. The zero-order chi connectivity index (χ0) is 18.1. The lowest BCUT2D eigenvalue weighted by Crippen LogP contribution is -2.27. The lowest BCUT2D eigenvalue weighted by molar-refractivity contribution is 0.0947. The zero-order valence-electron chi connectivity index (χ0n) is 15.0. The van der Waals surface area contributed by atoms with E-state index in [2.05, 4.69) is 25.5 Å². The molecule has 0 saturated heterocycles. The van der Waals surface area contributed by atoms with Crippen molar-refractivity contribution in [1.82, 2.24) is 20.2 Å². The molecule has 1 aromatic carbocycles. The second-order valence-corrected chi connectivity index (χ2v) is 5.87. The Kier molecular flexibility index (Phi) is 7.16. The average Bonchev–Trinajstić information content (AvgIpc) is 2.64. The van der Waals surface area contributed by atoms with Crippen LogP contribution in [0.15, 0.2) is 36.7 Å². The summed E-state index contributed by atoms with van der Waals surface area (Å²) in [5, 5.41) is 6.02. The molecule has 1 aromatic heterocycles. The number of amides is 1. The molecular weight excluding hydrogens is 318 g/mol. The number of aromatic nitrogens is 2. The minimum absolute atomic E-state index is 0.206. The first-order valence-electron chi connectivity index (χ1n) is 8.21. The van der Waals surface area contributed by atoms with Crippen molar-refractivity contribution >= 4 is 11.7 Å². The van der Waals surface area contributed by atoms with Crippen molar-refractivity contribution in [3.8, 4) is 5.75 Å². The van der Waals surface area contributed by atoms with Crippen LogP contribution in [-0.4, -0.2) is 55.1 Å². The van der Waals surface area contributed by atoms with Crippen molar-refractivity contribution in [1.29, 1.82) is 0 Å². The minimum Gasteiger partial charge on any atom is -0.496 e. The van der Waals surface area contributed by atoms with Gasteiger partial charge in [-0.25, -0.2) is 9.97 Å². The Morgan fingerprint density at radius 2 is 2.00 bits per heavy atom. The van der Waals surface area contributed by atoms with Crippen LogP contribution in [0, 0.1) is 0 Å². The zero-order valence-corrected chi connectivity index (χ0v) is 15.0. The molecule has 0 radical (unpaired) electrons. The first kappa shape index (κ1) is 18.7. The van der Waals surface area contributed by atoms with E-state index in [9.17, 15) is 4.79 Å². The van der Waals surface area contributed by atoms with E-state index >= 15 is 0 Å². The lowest BCUT2D eigenvalue weighted by atomic mass is 10.2. The number of para-hydroxylation sites is 1. The highest BCUT2D eigenvalue weighted by molar-refractivity contribution is 5.91. The molecule has 134 valence electrons. The van der Waals surface area contributed by atoms with Crippen LogP contribution in [0.1, 0.15) is 22.5 Å². The van der Waals surface area contributed by atoms with Crippen LogP contribution >= 0.6 is 0 Å². The predicted octanol–water partition coefficient (Wildman–Crippen LogP) is 1.78. The topological polar surface area (TPSA) is 79.4 Å². The van der Waals surface area contributed by atoms with Gasteiger partial charge in [0.25, 0.3) is 5.91 Å². The Balaban J connectivity index is 1.84. The number of anilines is 1. The third kappa shape index (κ3) is 6.04. The predicted molar refractivity (Wildman–Crippen MR) is 97.9 cm³/mol. The molecule has 1 heterocycles. The summed E-state index contributed by atoms with van der Waals surface area (Å²) in [5.74, 6) is 1.22. The highest BCUT2D eigenvalue weighted by Crippen LogP contribution is 2.18. The first-order valence-corrected chi connectivity index (χ1v) is 8.21. The lowest BCUT2D eigenvalue weighted by Gasteiger charge is -2.10. The summed E-state index contributed by atoms with van der Waals surface area (Å²) in [5.41, 5.74) is 1.34. The van der Waals surface area contributed by atoms with E-state index in [0.717, 1.165) is 24.3 Å². The molecule has 0 aliphatic carbocycles. The monoisotopic (exact) mass is 343 g/mol. The van der Waals surface area contributed by atoms with Gasteiger partial charge in [0, 0.05) is 18.7 Å². The normalized spacial score (nSPS) is 10.6. The maximum Gasteiger partial charge on any atom is 0.271 e. The molecule has 2 aromatic rings. The number of carbonyl (C=O) groups excluding carboxylic acids is 1. The maximum atomic E-state index is 12.0. The number of methoxy groups -OCH3 is 1. The summed E-state index contributed by atoms with van der Waals surface area (Å²) < 4.78 is 5.31. The van der Waals surface area contributed by atoms with Crippen LogP contribution in [0.25, 0.3) is 0 Å². The van der Waals surface area contributed by atoms with Gasteiger partial charge in [-0.05, 0) is 33.1 Å². The third-order valence-electron chi connectivity index (χ3n) is 3.60. The molecule has 0 atom stereocenters. The molecule has 25 heavy (non-hydrogen) atoms. The van der Waals surface area contributed by atoms with Crippen molar-refractivity contribution in [3.05, 3.63) is 47.9 Å². The van der Waals surface area contributed by atoms with Crippen molar-refractivity contribution < 1.29 is 9.53 Å². The molecule has 0 aliphatic heterocycles. The summed E-state index contributed by atoms with van der Waals surface area (Å²) in [6, 6.07) is 7.77. The number of ether oxygens (including phenoxy) is 1. The number of benzene rings is 1. The average molecular weight is 343 g/mol. The van der Waals surface area contributed by atoms with Crippen LogP contribution in [-0.2, 0) is 6.54 Å². The molecule has 7 heteroatoms. The van der Waals surface area contributed by atoms with Crippen LogP contribution in [0.2, 0.25) is 0 Å². The van der Waals surface area contributed by atoms with Crippen LogP contribution < -0.4 is 15.4 Å². The Morgan fingerprint density at radius 1 is 1.20 bits per heavy atom. The van der Waals surface area contributed by atoms with Crippen molar-refractivity contribution in [2.75, 3.05) is 39.6 Å². The van der Waals surface area contributed by atoms with Crippen molar-refractivity contribution in [3.63, 3.8) is 0 Å². The van der Waals surface area contributed by atoms with E-state index in [1.54, 1.807) is 13.3 Å². The van der Waals surface area contributed by atoms with Gasteiger partial charge in [-0.3, -0.25) is 4.79 Å². The minimum atomic E-state index is -0.206. The van der Waals surface area contributed by atoms with Gasteiger partial charge in [-0.2, -0.15) is 0 Å². The van der Waals surface area contributed by atoms with Gasteiger partial charge in [0.15, 0.2) is 0 Å². The SMILES string of the molecule is COc1ccccc1CNc1cnc(C(=O)NCCCN(C)C)cn1. The van der Waals surface area contributed by atoms with Gasteiger partial charge in [0.1, 0.15) is 17.3 Å². The Bertz CT molecular complexity index is 673. The largest absolute Gasteiger partial charge is 0.496 e. The number of hydrogen-bond acceptors (Lipinski definition) is 6. The fraction of sp³-hybridized carbons (Fsp3) is 0.389. The summed E-state index contributed by atoms with van der Waals surface area (Å²) in [4.78, 5) is 22.5. The number of nitrogens with zero attached hydrogens (tertiary/aromatic N) is 3. The molecule has 0 unspecified atom stereocenters. The molecule has 2 N–H and O–H groups in total. The van der Waals surface area contributed by atoms with E-state index < -0.39 is 0 Å². The number of carbonyl (C=O) groups is 1. The Hall–Kier alpha value is -2.67. The second kappa shape index (κ2) is 9.58. The molecule has 2 rings (SSSR count). The van der Waals surface area contributed by atoms with E-state index in [4.69, 9.17) is 4.74 Å². The van der Waals surface area contributed by atoms with E-state index in [0.29, 0.717) is 24.6 Å². The Morgan fingerprint density at radius 3 is 2.68 bits per heavy atom. The third-order valence-corrected chi connectivity index (χ3v) is 3.60. The summed E-state index contributed by atoms with van der Waals surface area (Å²) >= 11 is 0. The van der Waals surface area contributed by atoms with Gasteiger partial charge in [0.05, 0.1) is 19.5 Å². The van der Waals surface area contributed by atoms with E-state index in [1.165, 1.54) is 6.20 Å². The standard InChI is InChI=1S/C18H25N5O2/c1-23(2)10-6-9-19-18(24)15-12-22-17(13-20-15)21-11-14-7-4-5-8-16(14)25-3/h4-5,7-8,12-13H,6,9-11H2,1-3H3,(H,19,24)(H,21,22). The molecule has 0 fully saturated rings. The molecule has 0 bridgehead atoms. The highest BCUT2D eigenvalue weighted by Gasteiger charge is 2.08. The second-order valence-electron chi connectivity index (χ2n) is 5.87. The van der Waals surface area contributed by atoms with Gasteiger partial charge >= 0.3 is 0 Å². The molecule has 0 saturated carbocycles. The van der Waals surface area contributed by atoms with Crippen molar-refractivity contribution in [2.24, 2.45) is 0 Å². The maximum absolute atomic E-state index is 12.0. The van der Waals surface area contributed by atoms with Gasteiger partial charge in [-0.15, -0.1) is 0 Å². The molecular formula is C18H25N5O2. The van der Waals surface area contributed by atoms with Crippen LogP contribution in [0.4, 0.5) is 5.82 Å². The first-order chi connectivity index (χ1) is 12.1. The fourth-order valence-corrected chi connectivity index (χ4v) is 2.26.